The van der Waals surface area contributed by atoms with Gasteiger partial charge in [-0.3, -0.25) is 0 Å². The maximum absolute atomic E-state index is 10.8. The normalized spacial score (nSPS) is 46.2. The molecule has 98 valence electrons. The second-order valence-corrected chi connectivity index (χ2v) is 6.67. The first-order valence-corrected chi connectivity index (χ1v) is 6.85. The molecule has 0 radical (unpaired) electrons. The highest BCUT2D eigenvalue weighted by Gasteiger charge is 2.61. The fourth-order valence-electron chi connectivity index (χ4n) is 4.09. The van der Waals surface area contributed by atoms with E-state index in [0.717, 1.165) is 18.4 Å². The van der Waals surface area contributed by atoms with E-state index in [-0.39, 0.29) is 5.41 Å². The van der Waals surface area contributed by atoms with Crippen molar-refractivity contribution in [3.8, 4) is 0 Å². The number of aliphatic hydroxyl groups excluding tert-OH is 1. The monoisotopic (exact) mass is 238 g/mol. The molecule has 0 aromatic carbocycles. The van der Waals surface area contributed by atoms with Gasteiger partial charge in [-0.15, -0.1) is 0 Å². The maximum atomic E-state index is 10.8. The van der Waals surface area contributed by atoms with Gasteiger partial charge >= 0.3 is 0 Å². The molecule has 0 aromatic rings. The fraction of sp³-hybridized carbons (Fsp3) is 0.867. The van der Waals surface area contributed by atoms with Crippen molar-refractivity contribution in [3.63, 3.8) is 0 Å². The van der Waals surface area contributed by atoms with Gasteiger partial charge in [0.1, 0.15) is 0 Å². The number of fused-ring (bicyclic) bond motifs is 2. The van der Waals surface area contributed by atoms with Crippen molar-refractivity contribution in [2.45, 2.75) is 64.6 Å². The van der Waals surface area contributed by atoms with E-state index in [1.165, 1.54) is 19.3 Å². The molecule has 0 heterocycles. The van der Waals surface area contributed by atoms with Crippen LogP contribution in [0.4, 0.5) is 0 Å². The minimum absolute atomic E-state index is 0.0215. The van der Waals surface area contributed by atoms with Crippen LogP contribution in [-0.2, 0) is 0 Å². The summed E-state index contributed by atoms with van der Waals surface area (Å²) < 4.78 is 0. The van der Waals surface area contributed by atoms with Crippen molar-refractivity contribution in [2.24, 2.45) is 17.3 Å². The van der Waals surface area contributed by atoms with E-state index in [0.29, 0.717) is 11.8 Å². The molecule has 2 aliphatic carbocycles. The Morgan fingerprint density at radius 3 is 2.41 bits per heavy atom. The van der Waals surface area contributed by atoms with Crippen LogP contribution in [-0.4, -0.2) is 21.9 Å². The van der Waals surface area contributed by atoms with E-state index < -0.39 is 11.7 Å². The van der Waals surface area contributed by atoms with Gasteiger partial charge in [-0.1, -0.05) is 19.1 Å². The Labute approximate surface area is 105 Å². The minimum atomic E-state index is -0.551. The third kappa shape index (κ3) is 1.86. The van der Waals surface area contributed by atoms with Crippen LogP contribution in [0.2, 0.25) is 0 Å². The van der Waals surface area contributed by atoms with Gasteiger partial charge in [0.2, 0.25) is 0 Å². The van der Waals surface area contributed by atoms with Crippen LogP contribution in [0.15, 0.2) is 12.2 Å². The van der Waals surface area contributed by atoms with E-state index >= 15 is 0 Å². The quantitative estimate of drug-likeness (QED) is 0.739. The molecular formula is C15H26O2. The summed E-state index contributed by atoms with van der Waals surface area (Å²) in [5.74, 6) is 1.11. The van der Waals surface area contributed by atoms with Gasteiger partial charge in [-0.2, -0.15) is 0 Å². The minimum Gasteiger partial charge on any atom is -0.389 e. The molecule has 0 spiro atoms. The zero-order chi connectivity index (χ0) is 12.8. The molecule has 0 aliphatic heterocycles. The molecule has 2 aliphatic rings. The molecule has 2 N–H and O–H groups in total. The maximum Gasteiger partial charge on any atom is 0.0745 e. The third-order valence-electron chi connectivity index (χ3n) is 5.79. The van der Waals surface area contributed by atoms with Gasteiger partial charge < -0.3 is 10.2 Å². The molecule has 2 heteroatoms. The lowest BCUT2D eigenvalue weighted by Gasteiger charge is -2.46. The van der Waals surface area contributed by atoms with Gasteiger partial charge in [0, 0.05) is 0 Å². The van der Waals surface area contributed by atoms with Crippen LogP contribution in [0.25, 0.3) is 0 Å². The lowest BCUT2D eigenvalue weighted by atomic mass is 9.62. The van der Waals surface area contributed by atoms with Crippen molar-refractivity contribution >= 4 is 0 Å². The first-order valence-electron chi connectivity index (χ1n) is 6.85. The van der Waals surface area contributed by atoms with Crippen LogP contribution < -0.4 is 0 Å². The Morgan fingerprint density at radius 2 is 1.94 bits per heavy atom. The van der Waals surface area contributed by atoms with Crippen molar-refractivity contribution in [2.75, 3.05) is 0 Å². The second-order valence-electron chi connectivity index (χ2n) is 6.67. The molecule has 17 heavy (non-hydrogen) atoms. The molecule has 2 bridgehead atoms. The molecule has 5 atom stereocenters. The van der Waals surface area contributed by atoms with Crippen LogP contribution in [0.3, 0.4) is 0 Å². The van der Waals surface area contributed by atoms with E-state index in [2.05, 4.69) is 13.5 Å². The van der Waals surface area contributed by atoms with E-state index in [9.17, 15) is 10.2 Å². The molecular weight excluding hydrogens is 212 g/mol. The van der Waals surface area contributed by atoms with Gasteiger partial charge in [-0.25, -0.2) is 0 Å². The Hall–Kier alpha value is -0.340. The van der Waals surface area contributed by atoms with Gasteiger partial charge in [-0.05, 0) is 63.2 Å². The van der Waals surface area contributed by atoms with E-state index in [4.69, 9.17) is 0 Å². The first kappa shape index (κ1) is 13.1. The smallest absolute Gasteiger partial charge is 0.0745 e. The van der Waals surface area contributed by atoms with Crippen LogP contribution in [0.1, 0.15) is 52.9 Å². The summed E-state index contributed by atoms with van der Waals surface area (Å²) in [7, 11) is 0. The predicted molar refractivity (Wildman–Crippen MR) is 69.6 cm³/mol. The Morgan fingerprint density at radius 1 is 1.35 bits per heavy atom. The second kappa shape index (κ2) is 4.10. The molecule has 2 saturated carbocycles. The average molecular weight is 238 g/mol. The zero-order valence-electron chi connectivity index (χ0n) is 11.4. The highest BCUT2D eigenvalue weighted by atomic mass is 16.3. The lowest BCUT2D eigenvalue weighted by Crippen LogP contribution is -2.49. The largest absolute Gasteiger partial charge is 0.389 e. The van der Waals surface area contributed by atoms with Crippen LogP contribution in [0, 0.1) is 17.3 Å². The number of aliphatic hydroxyl groups is 2. The number of hydrogen-bond donors (Lipinski definition) is 2. The average Bonchev–Trinajstić information content (AvgIpc) is 2.79. The summed E-state index contributed by atoms with van der Waals surface area (Å²) in [5.41, 5.74) is 0.258. The number of hydrogen-bond acceptors (Lipinski definition) is 2. The molecule has 0 unspecified atom stereocenters. The molecule has 2 rings (SSSR count). The van der Waals surface area contributed by atoms with E-state index in [1.807, 2.05) is 13.8 Å². The predicted octanol–water partition coefficient (Wildman–Crippen LogP) is 2.89. The first-order chi connectivity index (χ1) is 7.79. The van der Waals surface area contributed by atoms with Gasteiger partial charge in [0.15, 0.2) is 0 Å². The zero-order valence-corrected chi connectivity index (χ0v) is 11.4. The third-order valence-corrected chi connectivity index (χ3v) is 5.79. The van der Waals surface area contributed by atoms with Crippen LogP contribution in [0.5, 0.6) is 0 Å². The Balaban J connectivity index is 2.06. The Bertz CT molecular complexity index is 321. The molecule has 2 fully saturated rings. The summed E-state index contributed by atoms with van der Waals surface area (Å²) in [4.78, 5) is 0. The fourth-order valence-corrected chi connectivity index (χ4v) is 4.09. The SMILES string of the molecule is C=C(C)[C@H](O)CC[C@@]1(C)[C@@H]2CC[C@@H](C2)[C@@]1(C)O. The molecule has 2 nitrogen and oxygen atoms in total. The van der Waals surface area contributed by atoms with Crippen molar-refractivity contribution in [3.05, 3.63) is 12.2 Å². The molecule has 0 saturated heterocycles. The summed E-state index contributed by atoms with van der Waals surface area (Å²) in [6.45, 7) is 9.88. The van der Waals surface area contributed by atoms with Crippen LogP contribution >= 0.6 is 0 Å². The number of rotatable bonds is 4. The summed E-state index contributed by atoms with van der Waals surface area (Å²) in [6.07, 6.45) is 4.81. The van der Waals surface area contributed by atoms with Gasteiger partial charge in [0.05, 0.1) is 11.7 Å². The molecule has 0 amide bonds. The standard InChI is InChI=1S/C15H26O2/c1-10(2)13(16)7-8-14(3)11-5-6-12(9-11)15(14,4)17/h11-13,16-17H,1,5-9H2,2-4H3/t11-,12+,13-,14+,15-/m1/s1. The van der Waals surface area contributed by atoms with Crippen molar-refractivity contribution < 1.29 is 10.2 Å². The summed E-state index contributed by atoms with van der Waals surface area (Å²) in [6, 6.07) is 0. The highest BCUT2D eigenvalue weighted by Crippen LogP contribution is 2.63. The molecule has 0 aromatic heterocycles. The van der Waals surface area contributed by atoms with Gasteiger partial charge in [0.25, 0.3) is 0 Å². The van der Waals surface area contributed by atoms with E-state index in [1.54, 1.807) is 0 Å². The highest BCUT2D eigenvalue weighted by molar-refractivity contribution is 5.12. The van der Waals surface area contributed by atoms with Crippen molar-refractivity contribution in [1.29, 1.82) is 0 Å². The lowest BCUT2D eigenvalue weighted by molar-refractivity contribution is -0.107. The summed E-state index contributed by atoms with van der Waals surface area (Å²) >= 11 is 0. The topological polar surface area (TPSA) is 40.5 Å². The van der Waals surface area contributed by atoms with Crippen molar-refractivity contribution in [1.82, 2.24) is 0 Å². The summed E-state index contributed by atoms with van der Waals surface area (Å²) in [5, 5.41) is 20.6. The Kier molecular flexibility index (Phi) is 3.16.